The van der Waals surface area contributed by atoms with E-state index in [0.717, 1.165) is 30.2 Å². The standard InChI is InChI=1S/C18H21NO3/c1-13(19-11-14-3-6-16(20-2)7-4-14)9-15-5-8-17-18(10-15)22-12-21-17/h3-8,10,13,19H,9,11-12H2,1-2H3/t13-/m1/s1. The molecule has 1 N–H and O–H groups in total. The van der Waals surface area contributed by atoms with Gasteiger partial charge in [0.05, 0.1) is 7.11 Å². The monoisotopic (exact) mass is 299 g/mol. The first-order valence-electron chi connectivity index (χ1n) is 7.49. The van der Waals surface area contributed by atoms with Crippen molar-refractivity contribution in [1.82, 2.24) is 5.32 Å². The van der Waals surface area contributed by atoms with Crippen LogP contribution in [0.4, 0.5) is 0 Å². The van der Waals surface area contributed by atoms with Crippen LogP contribution in [0.3, 0.4) is 0 Å². The van der Waals surface area contributed by atoms with E-state index in [-0.39, 0.29) is 0 Å². The van der Waals surface area contributed by atoms with E-state index in [1.54, 1.807) is 7.11 Å². The van der Waals surface area contributed by atoms with Gasteiger partial charge in [0.25, 0.3) is 0 Å². The smallest absolute Gasteiger partial charge is 0.231 e. The molecule has 0 fully saturated rings. The lowest BCUT2D eigenvalue weighted by molar-refractivity contribution is 0.174. The minimum atomic E-state index is 0.323. The maximum Gasteiger partial charge on any atom is 0.231 e. The molecule has 2 aromatic rings. The minimum Gasteiger partial charge on any atom is -0.497 e. The third-order valence-electron chi connectivity index (χ3n) is 3.79. The second-order valence-electron chi connectivity index (χ2n) is 5.52. The topological polar surface area (TPSA) is 39.7 Å². The molecule has 22 heavy (non-hydrogen) atoms. The number of hydrogen-bond donors (Lipinski definition) is 1. The highest BCUT2D eigenvalue weighted by Gasteiger charge is 2.14. The molecule has 2 aromatic carbocycles. The lowest BCUT2D eigenvalue weighted by atomic mass is 10.1. The van der Waals surface area contributed by atoms with Gasteiger partial charge in [-0.2, -0.15) is 0 Å². The van der Waals surface area contributed by atoms with Crippen LogP contribution in [0.2, 0.25) is 0 Å². The van der Waals surface area contributed by atoms with E-state index in [0.29, 0.717) is 12.8 Å². The molecule has 1 heterocycles. The van der Waals surface area contributed by atoms with Gasteiger partial charge in [0.15, 0.2) is 11.5 Å². The van der Waals surface area contributed by atoms with Crippen molar-refractivity contribution in [2.24, 2.45) is 0 Å². The molecule has 0 spiro atoms. The summed E-state index contributed by atoms with van der Waals surface area (Å²) in [5.41, 5.74) is 2.50. The molecule has 0 saturated carbocycles. The fourth-order valence-electron chi connectivity index (χ4n) is 2.53. The molecule has 0 amide bonds. The third kappa shape index (κ3) is 3.52. The summed E-state index contributed by atoms with van der Waals surface area (Å²) in [5.74, 6) is 2.57. The van der Waals surface area contributed by atoms with Gasteiger partial charge in [0.1, 0.15) is 5.75 Å². The van der Waals surface area contributed by atoms with Gasteiger partial charge in [0, 0.05) is 12.6 Å². The molecular formula is C18H21NO3. The average Bonchev–Trinajstić information content (AvgIpc) is 3.01. The summed E-state index contributed by atoms with van der Waals surface area (Å²) in [4.78, 5) is 0. The average molecular weight is 299 g/mol. The first kappa shape index (κ1) is 14.7. The molecule has 0 unspecified atom stereocenters. The summed E-state index contributed by atoms with van der Waals surface area (Å²) in [6.45, 7) is 3.36. The quantitative estimate of drug-likeness (QED) is 0.889. The molecule has 1 aliphatic rings. The Hall–Kier alpha value is -2.20. The Bertz CT molecular complexity index is 625. The molecule has 116 valence electrons. The summed E-state index contributed by atoms with van der Waals surface area (Å²) < 4.78 is 15.9. The zero-order chi connectivity index (χ0) is 15.4. The van der Waals surface area contributed by atoms with Gasteiger partial charge in [-0.05, 0) is 48.7 Å². The van der Waals surface area contributed by atoms with Gasteiger partial charge in [-0.3, -0.25) is 0 Å². The molecule has 1 aliphatic heterocycles. The number of fused-ring (bicyclic) bond motifs is 1. The maximum absolute atomic E-state index is 5.42. The van der Waals surface area contributed by atoms with Crippen molar-refractivity contribution < 1.29 is 14.2 Å². The normalized spacial score (nSPS) is 13.9. The van der Waals surface area contributed by atoms with Crippen LogP contribution in [-0.4, -0.2) is 19.9 Å². The van der Waals surface area contributed by atoms with E-state index in [2.05, 4.69) is 36.5 Å². The second-order valence-corrected chi connectivity index (χ2v) is 5.52. The van der Waals surface area contributed by atoms with Crippen molar-refractivity contribution in [2.45, 2.75) is 25.9 Å². The van der Waals surface area contributed by atoms with Crippen molar-refractivity contribution >= 4 is 0 Å². The number of methoxy groups -OCH3 is 1. The number of hydrogen-bond acceptors (Lipinski definition) is 4. The van der Waals surface area contributed by atoms with Gasteiger partial charge in [0.2, 0.25) is 6.79 Å². The van der Waals surface area contributed by atoms with E-state index in [1.165, 1.54) is 11.1 Å². The van der Waals surface area contributed by atoms with Gasteiger partial charge in [-0.25, -0.2) is 0 Å². The molecule has 0 bridgehead atoms. The maximum atomic E-state index is 5.42. The highest BCUT2D eigenvalue weighted by atomic mass is 16.7. The predicted molar refractivity (Wildman–Crippen MR) is 85.6 cm³/mol. The van der Waals surface area contributed by atoms with Crippen LogP contribution in [0.1, 0.15) is 18.1 Å². The van der Waals surface area contributed by atoms with Crippen molar-refractivity contribution in [2.75, 3.05) is 13.9 Å². The van der Waals surface area contributed by atoms with Crippen LogP contribution in [0.5, 0.6) is 17.2 Å². The molecule has 0 aliphatic carbocycles. The Labute approximate surface area is 131 Å². The molecule has 0 aromatic heterocycles. The second kappa shape index (κ2) is 6.71. The van der Waals surface area contributed by atoms with E-state index >= 15 is 0 Å². The summed E-state index contributed by atoms with van der Waals surface area (Å²) >= 11 is 0. The lowest BCUT2D eigenvalue weighted by Gasteiger charge is -2.14. The van der Waals surface area contributed by atoms with E-state index in [9.17, 15) is 0 Å². The summed E-state index contributed by atoms with van der Waals surface area (Å²) in [6.07, 6.45) is 0.951. The predicted octanol–water partition coefficient (Wildman–Crippen LogP) is 3.14. The van der Waals surface area contributed by atoms with Gasteiger partial charge in [-0.15, -0.1) is 0 Å². The Morgan fingerprint density at radius 1 is 1.05 bits per heavy atom. The van der Waals surface area contributed by atoms with Crippen LogP contribution in [0.15, 0.2) is 42.5 Å². The summed E-state index contributed by atoms with van der Waals surface area (Å²) in [7, 11) is 1.68. The van der Waals surface area contributed by atoms with Crippen molar-refractivity contribution in [3.63, 3.8) is 0 Å². The largest absolute Gasteiger partial charge is 0.497 e. The minimum absolute atomic E-state index is 0.323. The molecule has 1 atom stereocenters. The van der Waals surface area contributed by atoms with Crippen LogP contribution in [-0.2, 0) is 13.0 Å². The number of benzene rings is 2. The Morgan fingerprint density at radius 3 is 2.55 bits per heavy atom. The highest BCUT2D eigenvalue weighted by Crippen LogP contribution is 2.32. The molecule has 0 saturated heterocycles. The zero-order valence-electron chi connectivity index (χ0n) is 13.0. The Kier molecular flexibility index (Phi) is 4.49. The molecule has 4 heteroatoms. The van der Waals surface area contributed by atoms with E-state index in [4.69, 9.17) is 14.2 Å². The van der Waals surface area contributed by atoms with Crippen LogP contribution >= 0.6 is 0 Å². The molecule has 3 rings (SSSR count). The first-order valence-corrected chi connectivity index (χ1v) is 7.49. The number of rotatable bonds is 6. The SMILES string of the molecule is COc1ccc(CN[C@H](C)Cc2ccc3c(c2)OCO3)cc1. The van der Waals surface area contributed by atoms with Crippen LogP contribution in [0, 0.1) is 0 Å². The molecular weight excluding hydrogens is 278 g/mol. The van der Waals surface area contributed by atoms with Gasteiger partial charge in [-0.1, -0.05) is 18.2 Å². The fourth-order valence-corrected chi connectivity index (χ4v) is 2.53. The first-order chi connectivity index (χ1) is 10.7. The Morgan fingerprint density at radius 2 is 1.77 bits per heavy atom. The van der Waals surface area contributed by atoms with Crippen molar-refractivity contribution in [3.8, 4) is 17.2 Å². The van der Waals surface area contributed by atoms with Gasteiger partial charge < -0.3 is 19.5 Å². The van der Waals surface area contributed by atoms with Crippen molar-refractivity contribution in [3.05, 3.63) is 53.6 Å². The molecule has 4 nitrogen and oxygen atoms in total. The number of nitrogens with one attached hydrogen (secondary N) is 1. The fraction of sp³-hybridized carbons (Fsp3) is 0.333. The van der Waals surface area contributed by atoms with Crippen molar-refractivity contribution in [1.29, 1.82) is 0 Å². The summed E-state index contributed by atoms with van der Waals surface area (Å²) in [5, 5.41) is 3.54. The van der Waals surface area contributed by atoms with E-state index in [1.807, 2.05) is 18.2 Å². The van der Waals surface area contributed by atoms with E-state index < -0.39 is 0 Å². The molecule has 0 radical (unpaired) electrons. The Balaban J connectivity index is 1.52. The zero-order valence-corrected chi connectivity index (χ0v) is 13.0. The third-order valence-corrected chi connectivity index (χ3v) is 3.79. The summed E-state index contributed by atoms with van der Waals surface area (Å²) in [6, 6.07) is 14.7. The van der Waals surface area contributed by atoms with Gasteiger partial charge >= 0.3 is 0 Å². The highest BCUT2D eigenvalue weighted by molar-refractivity contribution is 5.44. The van der Waals surface area contributed by atoms with Crippen LogP contribution < -0.4 is 19.5 Å². The number of ether oxygens (including phenoxy) is 3. The van der Waals surface area contributed by atoms with Crippen LogP contribution in [0.25, 0.3) is 0 Å². The lowest BCUT2D eigenvalue weighted by Crippen LogP contribution is -2.27.